The molecule has 0 aliphatic carbocycles. The maximum Gasteiger partial charge on any atom is 0.393 e. The first-order valence-corrected chi connectivity index (χ1v) is 5.30. The van der Waals surface area contributed by atoms with Crippen molar-refractivity contribution in [2.24, 2.45) is 18.7 Å². The standard InChI is InChI=1S/C8H12F3N3S/c1-14-4-7(3-13-14)15-5-6(2-12)8(9,10)11/h3-4,6H,2,5,12H2,1H3. The van der Waals surface area contributed by atoms with Crippen molar-refractivity contribution in [3.05, 3.63) is 12.4 Å². The summed E-state index contributed by atoms with van der Waals surface area (Å²) in [5.74, 6) is -1.52. The minimum Gasteiger partial charge on any atom is -0.330 e. The van der Waals surface area contributed by atoms with Crippen molar-refractivity contribution in [1.29, 1.82) is 0 Å². The van der Waals surface area contributed by atoms with E-state index < -0.39 is 12.1 Å². The molecule has 3 nitrogen and oxygen atoms in total. The van der Waals surface area contributed by atoms with Crippen molar-refractivity contribution in [2.45, 2.75) is 11.1 Å². The minimum absolute atomic E-state index is 0.0638. The van der Waals surface area contributed by atoms with Gasteiger partial charge in [0.05, 0.1) is 12.1 Å². The largest absolute Gasteiger partial charge is 0.393 e. The van der Waals surface area contributed by atoms with Gasteiger partial charge < -0.3 is 5.73 Å². The van der Waals surface area contributed by atoms with E-state index in [4.69, 9.17) is 5.73 Å². The molecule has 1 rings (SSSR count). The number of aryl methyl sites for hydroxylation is 1. The van der Waals surface area contributed by atoms with Gasteiger partial charge in [-0.25, -0.2) is 0 Å². The third-order valence-electron chi connectivity index (χ3n) is 1.88. The number of hydrogen-bond donors (Lipinski definition) is 1. The van der Waals surface area contributed by atoms with Crippen LogP contribution in [-0.4, -0.2) is 28.3 Å². The highest BCUT2D eigenvalue weighted by molar-refractivity contribution is 7.99. The van der Waals surface area contributed by atoms with E-state index in [0.29, 0.717) is 0 Å². The van der Waals surface area contributed by atoms with Crippen molar-refractivity contribution in [1.82, 2.24) is 9.78 Å². The molecule has 0 aliphatic heterocycles. The third-order valence-corrected chi connectivity index (χ3v) is 2.99. The molecule has 1 unspecified atom stereocenters. The maximum absolute atomic E-state index is 12.3. The molecule has 1 atom stereocenters. The van der Waals surface area contributed by atoms with E-state index in [2.05, 4.69) is 5.10 Å². The van der Waals surface area contributed by atoms with E-state index in [9.17, 15) is 13.2 Å². The fourth-order valence-electron chi connectivity index (χ4n) is 0.966. The Morgan fingerprint density at radius 3 is 2.67 bits per heavy atom. The molecule has 86 valence electrons. The Bertz CT molecular complexity index is 310. The Balaban J connectivity index is 2.48. The van der Waals surface area contributed by atoms with Gasteiger partial charge in [0, 0.05) is 30.4 Å². The summed E-state index contributed by atoms with van der Waals surface area (Å²) in [5.41, 5.74) is 5.07. The van der Waals surface area contributed by atoms with Crippen molar-refractivity contribution in [2.75, 3.05) is 12.3 Å². The highest BCUT2D eigenvalue weighted by atomic mass is 32.2. The lowest BCUT2D eigenvalue weighted by Crippen LogP contribution is -2.32. The van der Waals surface area contributed by atoms with Crippen LogP contribution in [0.15, 0.2) is 17.3 Å². The lowest BCUT2D eigenvalue weighted by atomic mass is 10.2. The molecule has 0 aliphatic rings. The summed E-state index contributed by atoms with van der Waals surface area (Å²) in [6.45, 7) is -0.378. The first kappa shape index (κ1) is 12.4. The van der Waals surface area contributed by atoms with Crippen LogP contribution in [0.3, 0.4) is 0 Å². The molecule has 2 N–H and O–H groups in total. The minimum atomic E-state index is -4.22. The van der Waals surface area contributed by atoms with E-state index in [1.54, 1.807) is 17.9 Å². The van der Waals surface area contributed by atoms with Crippen LogP contribution in [0.2, 0.25) is 0 Å². The zero-order chi connectivity index (χ0) is 11.5. The van der Waals surface area contributed by atoms with Gasteiger partial charge in [-0.2, -0.15) is 18.3 Å². The average molecular weight is 239 g/mol. The maximum atomic E-state index is 12.3. The molecule has 0 bridgehead atoms. The molecule has 0 radical (unpaired) electrons. The summed E-state index contributed by atoms with van der Waals surface area (Å²) in [5, 5.41) is 3.87. The van der Waals surface area contributed by atoms with Crippen LogP contribution < -0.4 is 5.73 Å². The number of aromatic nitrogens is 2. The van der Waals surface area contributed by atoms with Gasteiger partial charge in [-0.1, -0.05) is 0 Å². The fourth-order valence-corrected chi connectivity index (χ4v) is 2.03. The predicted octanol–water partition coefficient (Wildman–Crippen LogP) is 1.65. The van der Waals surface area contributed by atoms with Gasteiger partial charge in [0.15, 0.2) is 0 Å². The molecule has 1 heterocycles. The van der Waals surface area contributed by atoms with E-state index in [-0.39, 0.29) is 12.3 Å². The molecule has 7 heteroatoms. The topological polar surface area (TPSA) is 43.8 Å². The Kier molecular flexibility index (Phi) is 4.04. The second-order valence-electron chi connectivity index (χ2n) is 3.13. The van der Waals surface area contributed by atoms with Crippen LogP contribution in [0.25, 0.3) is 0 Å². The quantitative estimate of drug-likeness (QED) is 0.812. The van der Waals surface area contributed by atoms with Gasteiger partial charge in [-0.15, -0.1) is 11.8 Å². The molecular formula is C8H12F3N3S. The average Bonchev–Trinajstić information content (AvgIpc) is 2.50. The molecule has 15 heavy (non-hydrogen) atoms. The summed E-state index contributed by atoms with van der Waals surface area (Å²) in [7, 11) is 1.72. The summed E-state index contributed by atoms with van der Waals surface area (Å²) in [6, 6.07) is 0. The monoisotopic (exact) mass is 239 g/mol. The van der Waals surface area contributed by atoms with Crippen molar-refractivity contribution in [3.8, 4) is 0 Å². The number of nitrogens with two attached hydrogens (primary N) is 1. The van der Waals surface area contributed by atoms with Gasteiger partial charge in [-0.3, -0.25) is 4.68 Å². The van der Waals surface area contributed by atoms with Crippen LogP contribution in [-0.2, 0) is 7.05 Å². The molecule has 0 saturated heterocycles. The number of thioether (sulfide) groups is 1. The van der Waals surface area contributed by atoms with Crippen LogP contribution in [0.5, 0.6) is 0 Å². The van der Waals surface area contributed by atoms with Crippen molar-refractivity contribution in [3.63, 3.8) is 0 Å². The molecule has 1 aromatic heterocycles. The normalized spacial score (nSPS) is 14.2. The van der Waals surface area contributed by atoms with Crippen LogP contribution in [0, 0.1) is 5.92 Å². The number of rotatable bonds is 4. The van der Waals surface area contributed by atoms with Gasteiger partial charge in [0.2, 0.25) is 0 Å². The summed E-state index contributed by atoms with van der Waals surface area (Å²) in [4.78, 5) is 0.722. The summed E-state index contributed by atoms with van der Waals surface area (Å²) in [6.07, 6.45) is -1.01. The smallest absolute Gasteiger partial charge is 0.330 e. The number of hydrogen-bond acceptors (Lipinski definition) is 3. The molecule has 1 aromatic rings. The van der Waals surface area contributed by atoms with Gasteiger partial charge in [0.25, 0.3) is 0 Å². The Hall–Kier alpha value is -0.690. The summed E-state index contributed by atoms with van der Waals surface area (Å²) >= 11 is 1.12. The van der Waals surface area contributed by atoms with Gasteiger partial charge in [0.1, 0.15) is 0 Å². The number of alkyl halides is 3. The Morgan fingerprint density at radius 1 is 1.60 bits per heavy atom. The van der Waals surface area contributed by atoms with E-state index >= 15 is 0 Å². The molecular weight excluding hydrogens is 227 g/mol. The van der Waals surface area contributed by atoms with Crippen molar-refractivity contribution < 1.29 is 13.2 Å². The van der Waals surface area contributed by atoms with Crippen LogP contribution in [0.1, 0.15) is 0 Å². The second kappa shape index (κ2) is 4.89. The SMILES string of the molecule is Cn1cc(SCC(CN)C(F)(F)F)cn1. The lowest BCUT2D eigenvalue weighted by molar-refractivity contribution is -0.165. The Morgan fingerprint density at radius 2 is 2.27 bits per heavy atom. The molecule has 0 spiro atoms. The van der Waals surface area contributed by atoms with E-state index in [0.717, 1.165) is 16.7 Å². The van der Waals surface area contributed by atoms with Gasteiger partial charge >= 0.3 is 6.18 Å². The van der Waals surface area contributed by atoms with Crippen LogP contribution in [0.4, 0.5) is 13.2 Å². The molecule has 0 amide bonds. The fraction of sp³-hybridized carbons (Fsp3) is 0.625. The highest BCUT2D eigenvalue weighted by Gasteiger charge is 2.38. The number of halogens is 3. The molecule has 0 fully saturated rings. The zero-order valence-electron chi connectivity index (χ0n) is 8.16. The third kappa shape index (κ3) is 3.75. The number of nitrogens with zero attached hydrogens (tertiary/aromatic N) is 2. The highest BCUT2D eigenvalue weighted by Crippen LogP contribution is 2.30. The van der Waals surface area contributed by atoms with E-state index in [1.807, 2.05) is 0 Å². The zero-order valence-corrected chi connectivity index (χ0v) is 8.98. The summed E-state index contributed by atoms with van der Waals surface area (Å²) < 4.78 is 38.5. The van der Waals surface area contributed by atoms with E-state index in [1.165, 1.54) is 6.20 Å². The first-order chi connectivity index (χ1) is 6.93. The second-order valence-corrected chi connectivity index (χ2v) is 4.23. The first-order valence-electron chi connectivity index (χ1n) is 4.31. The predicted molar refractivity (Wildman–Crippen MR) is 52.5 cm³/mol. The molecule has 0 aromatic carbocycles. The Labute approximate surface area is 89.8 Å². The molecule has 0 saturated carbocycles. The van der Waals surface area contributed by atoms with Gasteiger partial charge in [-0.05, 0) is 0 Å². The lowest BCUT2D eigenvalue weighted by Gasteiger charge is -2.17. The van der Waals surface area contributed by atoms with Crippen LogP contribution >= 0.6 is 11.8 Å². The van der Waals surface area contributed by atoms with Crippen molar-refractivity contribution >= 4 is 11.8 Å².